The third-order valence-electron chi connectivity index (χ3n) is 2.51. The highest BCUT2D eigenvalue weighted by Gasteiger charge is 2.17. The maximum Gasteiger partial charge on any atom is 0.270 e. The Morgan fingerprint density at radius 3 is 2.45 bits per heavy atom. The van der Waals surface area contributed by atoms with Crippen LogP contribution in [0.3, 0.4) is 0 Å². The number of nitrogens with zero attached hydrogens (tertiary/aromatic N) is 1. The molecule has 0 saturated heterocycles. The number of anilines is 1. The molecule has 0 aliphatic carbocycles. The molecule has 0 radical (unpaired) electrons. The number of amides is 1. The van der Waals surface area contributed by atoms with Gasteiger partial charge in [0.05, 0.1) is 10.5 Å². The number of carbonyl (C=O) groups excluding carboxylic acids is 1. The fraction of sp³-hybridized carbons (Fsp3) is 0. The molecular formula is C13H8BrFN2O3. The van der Waals surface area contributed by atoms with Crippen LogP contribution in [0.15, 0.2) is 46.9 Å². The fourth-order valence-corrected chi connectivity index (χ4v) is 1.80. The summed E-state index contributed by atoms with van der Waals surface area (Å²) in [4.78, 5) is 21.9. The smallest absolute Gasteiger partial charge is 0.270 e. The molecule has 5 nitrogen and oxygen atoms in total. The van der Waals surface area contributed by atoms with Crippen molar-refractivity contribution >= 4 is 33.2 Å². The number of carbonyl (C=O) groups is 1. The minimum absolute atomic E-state index is 0.340. The van der Waals surface area contributed by atoms with E-state index in [1.54, 1.807) is 24.3 Å². The van der Waals surface area contributed by atoms with Gasteiger partial charge in [-0.3, -0.25) is 14.9 Å². The molecule has 0 heterocycles. The molecule has 0 aromatic heterocycles. The van der Waals surface area contributed by atoms with Crippen LogP contribution in [0.5, 0.6) is 0 Å². The number of halogens is 2. The number of nitrogens with one attached hydrogen (secondary N) is 1. The van der Waals surface area contributed by atoms with Crippen molar-refractivity contribution in [1.82, 2.24) is 0 Å². The standard InChI is InChI=1S/C13H8BrFN2O3/c14-8-1-3-9(4-2-8)16-13(18)11-7-10(17(19)20)5-6-12(11)15/h1-7H,(H,16,18). The van der Waals surface area contributed by atoms with Crippen molar-refractivity contribution in [2.45, 2.75) is 0 Å². The molecule has 7 heteroatoms. The zero-order chi connectivity index (χ0) is 14.7. The Morgan fingerprint density at radius 1 is 1.20 bits per heavy atom. The molecule has 1 amide bonds. The summed E-state index contributed by atoms with van der Waals surface area (Å²) in [5, 5.41) is 13.1. The van der Waals surface area contributed by atoms with E-state index in [1.165, 1.54) is 0 Å². The van der Waals surface area contributed by atoms with Crippen LogP contribution in [0, 0.1) is 15.9 Å². The van der Waals surface area contributed by atoms with Gasteiger partial charge in [0.2, 0.25) is 0 Å². The molecule has 0 spiro atoms. The first kappa shape index (κ1) is 14.1. The minimum atomic E-state index is -0.815. The molecule has 0 unspecified atom stereocenters. The molecule has 102 valence electrons. The molecule has 2 aromatic rings. The maximum atomic E-state index is 13.6. The van der Waals surface area contributed by atoms with Crippen LogP contribution < -0.4 is 5.32 Å². The van der Waals surface area contributed by atoms with Gasteiger partial charge in [0, 0.05) is 22.3 Å². The molecular weight excluding hydrogens is 331 g/mol. The average Bonchev–Trinajstić information content (AvgIpc) is 2.41. The van der Waals surface area contributed by atoms with Gasteiger partial charge in [-0.25, -0.2) is 4.39 Å². The SMILES string of the molecule is O=C(Nc1ccc(Br)cc1)c1cc([N+](=O)[O-])ccc1F. The number of benzene rings is 2. The fourth-order valence-electron chi connectivity index (χ4n) is 1.53. The van der Waals surface area contributed by atoms with Gasteiger partial charge in [-0.2, -0.15) is 0 Å². The first-order valence-electron chi connectivity index (χ1n) is 5.48. The quantitative estimate of drug-likeness (QED) is 0.684. The topological polar surface area (TPSA) is 72.2 Å². The van der Waals surface area contributed by atoms with Crippen molar-refractivity contribution in [3.8, 4) is 0 Å². The van der Waals surface area contributed by atoms with Gasteiger partial charge in [0.25, 0.3) is 11.6 Å². The van der Waals surface area contributed by atoms with E-state index in [1.807, 2.05) is 0 Å². The minimum Gasteiger partial charge on any atom is -0.322 e. The van der Waals surface area contributed by atoms with Crippen molar-refractivity contribution in [2.75, 3.05) is 5.32 Å². The third-order valence-corrected chi connectivity index (χ3v) is 3.04. The molecule has 2 rings (SSSR count). The predicted molar refractivity (Wildman–Crippen MR) is 75.1 cm³/mol. The van der Waals surface area contributed by atoms with E-state index in [-0.39, 0.29) is 11.3 Å². The van der Waals surface area contributed by atoms with Crippen LogP contribution in [0.25, 0.3) is 0 Å². The number of rotatable bonds is 3. The molecule has 1 N–H and O–H groups in total. The summed E-state index contributed by atoms with van der Waals surface area (Å²) >= 11 is 3.25. The van der Waals surface area contributed by atoms with E-state index in [0.717, 1.165) is 22.7 Å². The Morgan fingerprint density at radius 2 is 1.85 bits per heavy atom. The van der Waals surface area contributed by atoms with Crippen LogP contribution in [0.2, 0.25) is 0 Å². The number of nitro groups is 1. The summed E-state index contributed by atoms with van der Waals surface area (Å²) in [6, 6.07) is 9.47. The summed E-state index contributed by atoms with van der Waals surface area (Å²) in [6.45, 7) is 0. The molecule has 0 fully saturated rings. The van der Waals surface area contributed by atoms with Gasteiger partial charge in [-0.15, -0.1) is 0 Å². The van der Waals surface area contributed by atoms with Gasteiger partial charge >= 0.3 is 0 Å². The number of non-ortho nitro benzene ring substituents is 1. The molecule has 0 bridgehead atoms. The van der Waals surface area contributed by atoms with Crippen LogP contribution in [-0.4, -0.2) is 10.8 Å². The van der Waals surface area contributed by atoms with E-state index in [9.17, 15) is 19.3 Å². The lowest BCUT2D eigenvalue weighted by atomic mass is 10.1. The molecule has 20 heavy (non-hydrogen) atoms. The van der Waals surface area contributed by atoms with E-state index >= 15 is 0 Å². The summed E-state index contributed by atoms with van der Waals surface area (Å²) < 4.78 is 14.4. The zero-order valence-electron chi connectivity index (χ0n) is 9.97. The lowest BCUT2D eigenvalue weighted by molar-refractivity contribution is -0.384. The van der Waals surface area contributed by atoms with E-state index in [2.05, 4.69) is 21.2 Å². The lowest BCUT2D eigenvalue weighted by Crippen LogP contribution is -2.14. The lowest BCUT2D eigenvalue weighted by Gasteiger charge is -2.06. The highest BCUT2D eigenvalue weighted by Crippen LogP contribution is 2.19. The highest BCUT2D eigenvalue weighted by atomic mass is 79.9. The molecule has 2 aromatic carbocycles. The number of hydrogen-bond donors (Lipinski definition) is 1. The van der Waals surface area contributed by atoms with Crippen molar-refractivity contribution in [1.29, 1.82) is 0 Å². The molecule has 0 saturated carbocycles. The monoisotopic (exact) mass is 338 g/mol. The van der Waals surface area contributed by atoms with Crippen molar-refractivity contribution in [3.05, 3.63) is 68.4 Å². The van der Waals surface area contributed by atoms with Crippen molar-refractivity contribution < 1.29 is 14.1 Å². The first-order chi connectivity index (χ1) is 9.47. The van der Waals surface area contributed by atoms with Crippen molar-refractivity contribution in [2.24, 2.45) is 0 Å². The van der Waals surface area contributed by atoms with E-state index in [0.29, 0.717) is 5.69 Å². The van der Waals surface area contributed by atoms with E-state index < -0.39 is 16.6 Å². The van der Waals surface area contributed by atoms with Gasteiger partial charge in [0.15, 0.2) is 0 Å². The zero-order valence-corrected chi connectivity index (χ0v) is 11.6. The summed E-state index contributed by atoms with van der Waals surface area (Å²) in [5.41, 5.74) is -0.251. The molecule has 0 aliphatic heterocycles. The van der Waals surface area contributed by atoms with Crippen LogP contribution in [0.1, 0.15) is 10.4 Å². The largest absolute Gasteiger partial charge is 0.322 e. The Kier molecular flexibility index (Phi) is 4.09. The van der Waals surface area contributed by atoms with Crippen molar-refractivity contribution in [3.63, 3.8) is 0 Å². The van der Waals surface area contributed by atoms with Crippen LogP contribution in [-0.2, 0) is 0 Å². The number of hydrogen-bond acceptors (Lipinski definition) is 3. The summed E-state index contributed by atoms with van der Waals surface area (Å²) in [6.07, 6.45) is 0. The summed E-state index contributed by atoms with van der Waals surface area (Å²) in [7, 11) is 0. The third kappa shape index (κ3) is 3.18. The van der Waals surface area contributed by atoms with Gasteiger partial charge < -0.3 is 5.32 Å². The maximum absolute atomic E-state index is 13.6. The van der Waals surface area contributed by atoms with E-state index in [4.69, 9.17) is 0 Å². The molecule has 0 aliphatic rings. The Hall–Kier alpha value is -2.28. The first-order valence-corrected chi connectivity index (χ1v) is 6.27. The highest BCUT2D eigenvalue weighted by molar-refractivity contribution is 9.10. The predicted octanol–water partition coefficient (Wildman–Crippen LogP) is 3.75. The second-order valence-corrected chi connectivity index (χ2v) is 4.80. The van der Waals surface area contributed by atoms with Crippen LogP contribution in [0.4, 0.5) is 15.8 Å². The van der Waals surface area contributed by atoms with Gasteiger partial charge in [-0.1, -0.05) is 15.9 Å². The average molecular weight is 339 g/mol. The van der Waals surface area contributed by atoms with Gasteiger partial charge in [-0.05, 0) is 30.3 Å². The Bertz CT molecular complexity index is 674. The Balaban J connectivity index is 2.26. The number of nitro benzene ring substituents is 1. The van der Waals surface area contributed by atoms with Crippen LogP contribution >= 0.6 is 15.9 Å². The second-order valence-electron chi connectivity index (χ2n) is 3.88. The second kappa shape index (κ2) is 5.79. The molecule has 0 atom stereocenters. The Labute approximate surface area is 121 Å². The summed E-state index contributed by atoms with van der Waals surface area (Å²) in [5.74, 6) is -1.56. The van der Waals surface area contributed by atoms with Gasteiger partial charge in [0.1, 0.15) is 5.82 Å². The normalized spacial score (nSPS) is 10.1.